The van der Waals surface area contributed by atoms with E-state index in [-0.39, 0.29) is 17.1 Å². The highest BCUT2D eigenvalue weighted by atomic mass is 32.1. The fourth-order valence-electron chi connectivity index (χ4n) is 6.92. The highest BCUT2D eigenvalue weighted by Gasteiger charge is 2.46. The first-order chi connectivity index (χ1) is 22.6. The third-order valence-electron chi connectivity index (χ3n) is 10.4. The minimum absolute atomic E-state index is 0.0684. The first-order valence-electron chi connectivity index (χ1n) is 16.3. The zero-order chi connectivity index (χ0) is 32.9. The van der Waals surface area contributed by atoms with Crippen molar-refractivity contribution in [3.8, 4) is 23.3 Å². The number of thiophene rings is 1. The average molecular weight is 657 g/mol. The van der Waals surface area contributed by atoms with E-state index in [1.165, 1.54) is 12.5 Å². The number of rotatable bonds is 11. The number of morpholine rings is 1. The molecule has 1 saturated heterocycles. The summed E-state index contributed by atoms with van der Waals surface area (Å²) in [5.41, 5.74) is 2.29. The molecule has 4 heterocycles. The van der Waals surface area contributed by atoms with Gasteiger partial charge >= 0.3 is 6.01 Å². The molecule has 0 spiro atoms. The summed E-state index contributed by atoms with van der Waals surface area (Å²) in [6, 6.07) is 7.82. The third-order valence-corrected chi connectivity index (χ3v) is 11.6. The van der Waals surface area contributed by atoms with Crippen molar-refractivity contribution in [1.82, 2.24) is 24.8 Å². The van der Waals surface area contributed by atoms with E-state index in [1.54, 1.807) is 12.3 Å². The molecule has 246 valence electrons. The normalized spacial score (nSPS) is 21.8. The molecule has 3 fully saturated rings. The number of fused-ring (bicyclic) bond motifs is 2. The fraction of sp³-hybridized carbons (Fsp3) is 0.514. The second-order valence-corrected chi connectivity index (χ2v) is 14.8. The van der Waals surface area contributed by atoms with Gasteiger partial charge in [-0.25, -0.2) is 4.39 Å². The number of nitriles is 1. The van der Waals surface area contributed by atoms with Crippen molar-refractivity contribution in [3.63, 3.8) is 0 Å². The Morgan fingerprint density at radius 2 is 2.06 bits per heavy atom. The maximum Gasteiger partial charge on any atom is 0.318 e. The Labute approximate surface area is 278 Å². The number of aromatic nitrogens is 3. The van der Waals surface area contributed by atoms with Crippen LogP contribution in [0.5, 0.6) is 6.01 Å². The molecule has 47 heavy (non-hydrogen) atoms. The van der Waals surface area contributed by atoms with E-state index in [1.807, 2.05) is 6.07 Å². The molecule has 4 aromatic rings. The minimum atomic E-state index is -0.411. The Bertz CT molecular complexity index is 1880. The van der Waals surface area contributed by atoms with Crippen molar-refractivity contribution in [2.45, 2.75) is 63.6 Å². The first-order valence-corrected chi connectivity index (χ1v) is 17.2. The summed E-state index contributed by atoms with van der Waals surface area (Å²) in [6.07, 6.45) is 7.63. The number of halogens is 1. The van der Waals surface area contributed by atoms with Crippen LogP contribution in [0.4, 0.5) is 15.2 Å². The zero-order valence-corrected chi connectivity index (χ0v) is 28.3. The molecule has 2 saturated carbocycles. The van der Waals surface area contributed by atoms with Crippen LogP contribution in [0.25, 0.3) is 32.2 Å². The molecule has 1 N–H and O–H groups in total. The van der Waals surface area contributed by atoms with E-state index in [9.17, 15) is 9.65 Å². The van der Waals surface area contributed by atoms with Crippen LogP contribution >= 0.6 is 11.3 Å². The second-order valence-electron chi connectivity index (χ2n) is 13.8. The minimum Gasteiger partial charge on any atom is -0.463 e. The van der Waals surface area contributed by atoms with Gasteiger partial charge in [0.05, 0.1) is 46.2 Å². The topological polar surface area (TPSA) is 112 Å². The van der Waals surface area contributed by atoms with Crippen LogP contribution in [0.2, 0.25) is 0 Å². The molecule has 3 aromatic heterocycles. The lowest BCUT2D eigenvalue weighted by molar-refractivity contribution is -0.0580. The van der Waals surface area contributed by atoms with Gasteiger partial charge < -0.3 is 19.7 Å². The van der Waals surface area contributed by atoms with Crippen LogP contribution < -0.4 is 10.1 Å². The van der Waals surface area contributed by atoms with Crippen LogP contribution in [0, 0.1) is 22.6 Å². The monoisotopic (exact) mass is 656 g/mol. The summed E-state index contributed by atoms with van der Waals surface area (Å²) in [6.45, 7) is 11.8. The van der Waals surface area contributed by atoms with Crippen LogP contribution in [0.3, 0.4) is 0 Å². The summed E-state index contributed by atoms with van der Waals surface area (Å²) < 4.78 is 27.6. The summed E-state index contributed by atoms with van der Waals surface area (Å²) >= 11 is 1.11. The van der Waals surface area contributed by atoms with Crippen molar-refractivity contribution >= 4 is 49.9 Å². The summed E-state index contributed by atoms with van der Waals surface area (Å²) in [4.78, 5) is 23.3. The predicted octanol–water partition coefficient (Wildman–Crippen LogP) is 6.41. The lowest BCUT2D eigenvalue weighted by Gasteiger charge is -2.47. The van der Waals surface area contributed by atoms with Gasteiger partial charge in [0.15, 0.2) is 0 Å². The van der Waals surface area contributed by atoms with E-state index >= 15 is 0 Å². The molecule has 0 unspecified atom stereocenters. The number of aliphatic imine (C=N–C) groups is 1. The number of hydrogen-bond donors (Lipinski definition) is 1. The van der Waals surface area contributed by atoms with Gasteiger partial charge in [0, 0.05) is 53.8 Å². The lowest BCUT2D eigenvalue weighted by atomic mass is 9.75. The summed E-state index contributed by atoms with van der Waals surface area (Å²) in [5, 5.41) is 15.2. The number of anilines is 1. The van der Waals surface area contributed by atoms with Gasteiger partial charge in [0.25, 0.3) is 0 Å². The Morgan fingerprint density at radius 3 is 2.74 bits per heavy atom. The van der Waals surface area contributed by atoms with Crippen LogP contribution in [0.15, 0.2) is 29.4 Å². The number of pyridine rings is 1. The molecule has 1 aromatic carbocycles. The van der Waals surface area contributed by atoms with E-state index in [0.29, 0.717) is 61.9 Å². The molecular formula is C35H41FN8O2S. The molecule has 3 aliphatic rings. The van der Waals surface area contributed by atoms with E-state index in [2.05, 4.69) is 60.8 Å². The Kier molecular flexibility index (Phi) is 8.37. The summed E-state index contributed by atoms with van der Waals surface area (Å²) in [5.74, 6) is 0.263. The number of benzene rings is 1. The third kappa shape index (κ3) is 5.95. The Morgan fingerprint density at radius 1 is 1.26 bits per heavy atom. The van der Waals surface area contributed by atoms with Gasteiger partial charge in [0.2, 0.25) is 0 Å². The van der Waals surface area contributed by atoms with Crippen LogP contribution in [0.1, 0.15) is 51.5 Å². The van der Waals surface area contributed by atoms with Gasteiger partial charge in [-0.2, -0.15) is 15.2 Å². The molecule has 10 nitrogen and oxygen atoms in total. The lowest BCUT2D eigenvalue weighted by Crippen LogP contribution is -2.54. The highest BCUT2D eigenvalue weighted by molar-refractivity contribution is 7.23. The van der Waals surface area contributed by atoms with Crippen molar-refractivity contribution in [1.29, 1.82) is 5.26 Å². The Hall–Kier alpha value is -3.76. The number of nitrogens with one attached hydrogen (secondary N) is 1. The summed E-state index contributed by atoms with van der Waals surface area (Å²) in [7, 11) is 4.26. The number of likely N-dealkylation sites (N-methyl/N-ethyl adjacent to an activating group) is 1. The van der Waals surface area contributed by atoms with Crippen molar-refractivity contribution in [2.75, 3.05) is 52.3 Å². The smallest absolute Gasteiger partial charge is 0.318 e. The van der Waals surface area contributed by atoms with Crippen LogP contribution in [-0.4, -0.2) is 96.1 Å². The molecule has 7 rings (SSSR count). The maximum atomic E-state index is 14.9. The maximum absolute atomic E-state index is 14.9. The standard InChI is InChI=1S/C35H41FN8O2S/c1-21-17-45-22(2)16-44(21)19-34(11-12-34)20-46-33-41-28-13-27(23-7-8-26(36)30-29(23)24(14-37)32(38-3)47-30)39-15-25(28)31(42-33)40-18-35(43(4)5)9-6-10-35/h7-8,13,15,21-22H,3,6,9-12,16-20H2,1-2,4-5H3,(H,40,41,42)/t21-,22+/m1/s1. The molecule has 2 atom stereocenters. The zero-order valence-electron chi connectivity index (χ0n) is 27.5. The van der Waals surface area contributed by atoms with Crippen molar-refractivity contribution in [2.24, 2.45) is 10.4 Å². The van der Waals surface area contributed by atoms with Crippen molar-refractivity contribution in [3.05, 3.63) is 35.8 Å². The molecule has 2 aliphatic carbocycles. The first kappa shape index (κ1) is 31.8. The largest absolute Gasteiger partial charge is 0.463 e. The van der Waals surface area contributed by atoms with E-state index in [4.69, 9.17) is 24.4 Å². The molecule has 0 bridgehead atoms. The predicted molar refractivity (Wildman–Crippen MR) is 184 cm³/mol. The van der Waals surface area contributed by atoms with Crippen molar-refractivity contribution < 1.29 is 13.9 Å². The van der Waals surface area contributed by atoms with E-state index in [0.717, 1.165) is 68.6 Å². The molecule has 0 radical (unpaired) electrons. The molecule has 12 heteroatoms. The second kappa shape index (κ2) is 12.4. The van der Waals surface area contributed by atoms with Gasteiger partial charge in [0.1, 0.15) is 22.7 Å². The molecular weight excluding hydrogens is 616 g/mol. The number of ether oxygens (including phenoxy) is 2. The van der Waals surface area contributed by atoms with Gasteiger partial charge in [-0.05, 0) is 85.0 Å². The number of hydrogen-bond acceptors (Lipinski definition) is 11. The Balaban J connectivity index is 1.24. The molecule has 1 aliphatic heterocycles. The van der Waals surface area contributed by atoms with E-state index < -0.39 is 5.82 Å². The SMILES string of the molecule is C=Nc1sc2c(F)ccc(-c3cc4nc(OCC5(CN6C[C@H](C)OC[C@H]6C)CC5)nc(NCC5(N(C)C)CCC5)c4cn3)c2c1C#N. The van der Waals surface area contributed by atoms with Crippen LogP contribution in [-0.2, 0) is 4.74 Å². The number of nitrogens with zero attached hydrogens (tertiary/aromatic N) is 7. The molecule has 0 amide bonds. The van der Waals surface area contributed by atoms with Gasteiger partial charge in [-0.15, -0.1) is 11.3 Å². The van der Waals surface area contributed by atoms with Gasteiger partial charge in [-0.1, -0.05) is 0 Å². The van der Waals surface area contributed by atoms with Gasteiger partial charge in [-0.3, -0.25) is 14.9 Å². The fourth-order valence-corrected chi connectivity index (χ4v) is 7.91. The highest BCUT2D eigenvalue weighted by Crippen LogP contribution is 2.47. The quantitative estimate of drug-likeness (QED) is 0.183. The average Bonchev–Trinajstić information content (AvgIpc) is 3.69.